The summed E-state index contributed by atoms with van der Waals surface area (Å²) in [7, 11) is 0. The molecule has 1 fully saturated rings. The summed E-state index contributed by atoms with van der Waals surface area (Å²) >= 11 is 0. The maximum atomic E-state index is 11.0. The Hall–Kier alpha value is -1.97. The average Bonchev–Trinajstić information content (AvgIpc) is 2.40. The molecule has 0 unspecified atom stereocenters. The quantitative estimate of drug-likeness (QED) is 0.594. The van der Waals surface area contributed by atoms with Gasteiger partial charge in [-0.2, -0.15) is 5.26 Å². The molecule has 18 heavy (non-hydrogen) atoms. The van der Waals surface area contributed by atoms with Crippen LogP contribution in [0.4, 0.5) is 5.69 Å². The summed E-state index contributed by atoms with van der Waals surface area (Å²) in [6.45, 7) is 3.14. The zero-order valence-electron chi connectivity index (χ0n) is 9.83. The predicted molar refractivity (Wildman–Crippen MR) is 63.9 cm³/mol. The molecule has 1 heterocycles. The van der Waals surface area contributed by atoms with E-state index in [0.29, 0.717) is 30.9 Å². The highest BCUT2D eigenvalue weighted by atomic mass is 16.6. The van der Waals surface area contributed by atoms with Crippen LogP contribution in [-0.2, 0) is 11.3 Å². The number of nitro groups is 1. The van der Waals surface area contributed by atoms with E-state index in [1.54, 1.807) is 12.1 Å². The summed E-state index contributed by atoms with van der Waals surface area (Å²) in [5.74, 6) is 0. The third-order valence-electron chi connectivity index (χ3n) is 2.95. The van der Waals surface area contributed by atoms with Gasteiger partial charge in [-0.05, 0) is 6.07 Å². The molecule has 0 atom stereocenters. The van der Waals surface area contributed by atoms with Gasteiger partial charge in [0.15, 0.2) is 0 Å². The third kappa shape index (κ3) is 2.64. The molecule has 6 nitrogen and oxygen atoms in total. The van der Waals surface area contributed by atoms with Crippen LogP contribution in [0.3, 0.4) is 0 Å². The molecular formula is C12H13N3O3. The molecule has 6 heteroatoms. The second kappa shape index (κ2) is 5.58. The Labute approximate surface area is 105 Å². The lowest BCUT2D eigenvalue weighted by Crippen LogP contribution is -2.36. The first-order valence-corrected chi connectivity index (χ1v) is 5.69. The zero-order valence-corrected chi connectivity index (χ0v) is 9.83. The van der Waals surface area contributed by atoms with Gasteiger partial charge < -0.3 is 4.74 Å². The van der Waals surface area contributed by atoms with Crippen molar-refractivity contribution in [1.29, 1.82) is 5.26 Å². The monoisotopic (exact) mass is 247 g/mol. The van der Waals surface area contributed by atoms with E-state index in [2.05, 4.69) is 4.90 Å². The highest BCUT2D eigenvalue weighted by Gasteiger charge is 2.21. The molecule has 2 rings (SSSR count). The number of nitrogens with zero attached hydrogens (tertiary/aromatic N) is 3. The van der Waals surface area contributed by atoms with Gasteiger partial charge in [-0.3, -0.25) is 15.0 Å². The molecule has 0 aromatic heterocycles. The van der Waals surface area contributed by atoms with Gasteiger partial charge in [0.05, 0.1) is 35.3 Å². The Bertz CT molecular complexity index is 490. The van der Waals surface area contributed by atoms with Crippen molar-refractivity contribution in [3.05, 3.63) is 39.4 Å². The summed E-state index contributed by atoms with van der Waals surface area (Å²) in [6.07, 6.45) is 0. The molecular weight excluding hydrogens is 234 g/mol. The van der Waals surface area contributed by atoms with Crippen molar-refractivity contribution in [2.75, 3.05) is 26.3 Å². The Balaban J connectivity index is 2.29. The minimum absolute atomic E-state index is 0.0144. The molecule has 0 spiro atoms. The van der Waals surface area contributed by atoms with Crippen LogP contribution in [0.1, 0.15) is 11.1 Å². The largest absolute Gasteiger partial charge is 0.379 e. The summed E-state index contributed by atoms with van der Waals surface area (Å²) in [6, 6.07) is 6.61. The summed E-state index contributed by atoms with van der Waals surface area (Å²) < 4.78 is 5.23. The molecule has 94 valence electrons. The van der Waals surface area contributed by atoms with E-state index in [1.165, 1.54) is 6.07 Å². The molecule has 1 aromatic carbocycles. The number of nitriles is 1. The Morgan fingerprint density at radius 3 is 2.78 bits per heavy atom. The maximum Gasteiger partial charge on any atom is 0.275 e. The van der Waals surface area contributed by atoms with Crippen LogP contribution in [0.2, 0.25) is 0 Å². The van der Waals surface area contributed by atoms with Crippen LogP contribution in [0, 0.1) is 21.4 Å². The second-order valence-corrected chi connectivity index (χ2v) is 4.06. The van der Waals surface area contributed by atoms with Crippen molar-refractivity contribution < 1.29 is 9.66 Å². The Kier molecular flexibility index (Phi) is 3.87. The van der Waals surface area contributed by atoms with E-state index < -0.39 is 4.92 Å². The highest BCUT2D eigenvalue weighted by molar-refractivity contribution is 5.50. The van der Waals surface area contributed by atoms with Crippen LogP contribution in [0.25, 0.3) is 0 Å². The van der Waals surface area contributed by atoms with Crippen molar-refractivity contribution in [2.45, 2.75) is 6.54 Å². The molecule has 1 aromatic rings. The van der Waals surface area contributed by atoms with Crippen LogP contribution in [0.15, 0.2) is 18.2 Å². The maximum absolute atomic E-state index is 11.0. The SMILES string of the molecule is N#Cc1cccc([N+](=O)[O-])c1CN1CCOCC1. The Morgan fingerprint density at radius 2 is 2.17 bits per heavy atom. The standard InChI is InChI=1S/C12H13N3O3/c13-8-10-2-1-3-12(15(16)17)11(10)9-14-4-6-18-7-5-14/h1-3H,4-7,9H2. The van der Waals surface area contributed by atoms with E-state index in [9.17, 15) is 10.1 Å². The molecule has 1 aliphatic rings. The fourth-order valence-corrected chi connectivity index (χ4v) is 2.00. The van der Waals surface area contributed by atoms with Gasteiger partial charge in [0.1, 0.15) is 0 Å². The van der Waals surface area contributed by atoms with E-state index in [1.807, 2.05) is 6.07 Å². The number of hydrogen-bond acceptors (Lipinski definition) is 5. The van der Waals surface area contributed by atoms with Gasteiger partial charge in [0.2, 0.25) is 0 Å². The van der Waals surface area contributed by atoms with E-state index in [0.717, 1.165) is 13.1 Å². The average molecular weight is 247 g/mol. The number of ether oxygens (including phenoxy) is 1. The van der Waals surface area contributed by atoms with Crippen LogP contribution < -0.4 is 0 Å². The van der Waals surface area contributed by atoms with Crippen molar-refractivity contribution in [1.82, 2.24) is 4.90 Å². The van der Waals surface area contributed by atoms with Crippen molar-refractivity contribution in [2.24, 2.45) is 0 Å². The predicted octanol–water partition coefficient (Wildman–Crippen LogP) is 1.30. The summed E-state index contributed by atoms with van der Waals surface area (Å²) in [5.41, 5.74) is 0.878. The number of hydrogen-bond donors (Lipinski definition) is 0. The van der Waals surface area contributed by atoms with Crippen molar-refractivity contribution in [3.8, 4) is 6.07 Å². The minimum Gasteiger partial charge on any atom is -0.379 e. The zero-order chi connectivity index (χ0) is 13.0. The number of benzene rings is 1. The number of nitro benzene ring substituents is 1. The van der Waals surface area contributed by atoms with Crippen LogP contribution in [0.5, 0.6) is 0 Å². The minimum atomic E-state index is -0.434. The molecule has 0 N–H and O–H groups in total. The smallest absolute Gasteiger partial charge is 0.275 e. The van der Waals surface area contributed by atoms with Crippen molar-refractivity contribution in [3.63, 3.8) is 0 Å². The summed E-state index contributed by atoms with van der Waals surface area (Å²) in [5, 5.41) is 20.0. The first-order valence-electron chi connectivity index (χ1n) is 5.69. The van der Waals surface area contributed by atoms with E-state index >= 15 is 0 Å². The normalized spacial score (nSPS) is 16.2. The van der Waals surface area contributed by atoms with E-state index in [4.69, 9.17) is 10.00 Å². The van der Waals surface area contributed by atoms with Crippen LogP contribution >= 0.6 is 0 Å². The highest BCUT2D eigenvalue weighted by Crippen LogP contribution is 2.23. The fourth-order valence-electron chi connectivity index (χ4n) is 2.00. The van der Waals surface area contributed by atoms with Gasteiger partial charge in [-0.1, -0.05) is 6.07 Å². The van der Waals surface area contributed by atoms with Crippen molar-refractivity contribution >= 4 is 5.69 Å². The third-order valence-corrected chi connectivity index (χ3v) is 2.95. The van der Waals surface area contributed by atoms with Gasteiger partial charge in [-0.25, -0.2) is 0 Å². The molecule has 1 aliphatic heterocycles. The molecule has 0 bridgehead atoms. The van der Waals surface area contributed by atoms with Gasteiger partial charge in [0.25, 0.3) is 5.69 Å². The summed E-state index contributed by atoms with van der Waals surface area (Å²) in [4.78, 5) is 12.6. The molecule has 0 radical (unpaired) electrons. The van der Waals surface area contributed by atoms with Crippen LogP contribution in [-0.4, -0.2) is 36.1 Å². The molecule has 0 aliphatic carbocycles. The number of morpholine rings is 1. The lowest BCUT2D eigenvalue weighted by Gasteiger charge is -2.26. The topological polar surface area (TPSA) is 79.4 Å². The molecule has 1 saturated heterocycles. The molecule has 0 amide bonds. The Morgan fingerprint density at radius 1 is 1.44 bits per heavy atom. The lowest BCUT2D eigenvalue weighted by molar-refractivity contribution is -0.385. The fraction of sp³-hybridized carbons (Fsp3) is 0.417. The second-order valence-electron chi connectivity index (χ2n) is 4.06. The van der Waals surface area contributed by atoms with Gasteiger partial charge in [-0.15, -0.1) is 0 Å². The number of rotatable bonds is 3. The van der Waals surface area contributed by atoms with Gasteiger partial charge >= 0.3 is 0 Å². The first-order chi connectivity index (χ1) is 8.72. The molecule has 0 saturated carbocycles. The van der Waals surface area contributed by atoms with E-state index in [-0.39, 0.29) is 5.69 Å². The van der Waals surface area contributed by atoms with Gasteiger partial charge in [0, 0.05) is 25.7 Å². The first kappa shape index (κ1) is 12.5. The lowest BCUT2D eigenvalue weighted by atomic mass is 10.1.